The molecule has 100 valence electrons. The van der Waals surface area contributed by atoms with E-state index in [0.717, 1.165) is 24.0 Å². The number of pyridine rings is 1. The van der Waals surface area contributed by atoms with Gasteiger partial charge in [-0.1, -0.05) is 18.0 Å². The van der Waals surface area contributed by atoms with Crippen LogP contribution in [-0.2, 0) is 0 Å². The Morgan fingerprint density at radius 1 is 1.32 bits per heavy atom. The van der Waals surface area contributed by atoms with Crippen LogP contribution in [0.4, 0.5) is 0 Å². The predicted molar refractivity (Wildman–Crippen MR) is 71.5 cm³/mol. The van der Waals surface area contributed by atoms with E-state index in [0.29, 0.717) is 11.7 Å². The van der Waals surface area contributed by atoms with Crippen molar-refractivity contribution in [1.29, 1.82) is 0 Å². The van der Waals surface area contributed by atoms with Crippen LogP contribution in [0.2, 0.25) is 0 Å². The van der Waals surface area contributed by atoms with Crippen molar-refractivity contribution in [1.82, 2.24) is 15.1 Å². The molecule has 0 aromatic carbocycles. The lowest BCUT2D eigenvalue weighted by Crippen LogP contribution is -2.31. The molecule has 2 N–H and O–H groups in total. The number of hydrogen-bond acceptors (Lipinski definition) is 5. The third kappa shape index (κ3) is 2.38. The second-order valence-corrected chi connectivity index (χ2v) is 5.20. The van der Waals surface area contributed by atoms with Gasteiger partial charge in [0.15, 0.2) is 0 Å². The first-order valence-corrected chi connectivity index (χ1v) is 6.76. The Balaban J connectivity index is 1.89. The SMILES string of the molecule is Cc1ccncc1-c1noc(C2CCCCC2N)n1. The van der Waals surface area contributed by atoms with Crippen molar-refractivity contribution < 1.29 is 4.52 Å². The van der Waals surface area contributed by atoms with Gasteiger partial charge in [0.1, 0.15) is 0 Å². The number of nitrogens with zero attached hydrogens (tertiary/aromatic N) is 3. The number of aromatic nitrogens is 3. The van der Waals surface area contributed by atoms with Crippen LogP contribution < -0.4 is 5.73 Å². The predicted octanol–water partition coefficient (Wildman–Crippen LogP) is 2.42. The molecule has 2 heterocycles. The average Bonchev–Trinajstić information content (AvgIpc) is 2.89. The van der Waals surface area contributed by atoms with Gasteiger partial charge in [0, 0.05) is 24.0 Å². The fourth-order valence-corrected chi connectivity index (χ4v) is 2.66. The van der Waals surface area contributed by atoms with Gasteiger partial charge in [0.2, 0.25) is 11.7 Å². The van der Waals surface area contributed by atoms with E-state index < -0.39 is 0 Å². The van der Waals surface area contributed by atoms with Crippen LogP contribution in [0.1, 0.15) is 43.1 Å². The minimum atomic E-state index is 0.136. The maximum absolute atomic E-state index is 6.15. The lowest BCUT2D eigenvalue weighted by atomic mass is 9.85. The molecule has 2 unspecified atom stereocenters. The molecule has 1 fully saturated rings. The molecule has 19 heavy (non-hydrogen) atoms. The molecule has 0 bridgehead atoms. The molecule has 0 spiro atoms. The first kappa shape index (κ1) is 12.3. The van der Waals surface area contributed by atoms with Crippen molar-refractivity contribution in [3.63, 3.8) is 0 Å². The Morgan fingerprint density at radius 2 is 2.16 bits per heavy atom. The Bertz CT molecular complexity index is 566. The van der Waals surface area contributed by atoms with E-state index in [4.69, 9.17) is 10.3 Å². The first-order chi connectivity index (χ1) is 9.25. The van der Waals surface area contributed by atoms with Crippen LogP contribution in [0.5, 0.6) is 0 Å². The van der Waals surface area contributed by atoms with E-state index >= 15 is 0 Å². The summed E-state index contributed by atoms with van der Waals surface area (Å²) >= 11 is 0. The molecule has 0 radical (unpaired) electrons. The van der Waals surface area contributed by atoms with Gasteiger partial charge in [-0.05, 0) is 31.4 Å². The molecule has 1 saturated carbocycles. The van der Waals surface area contributed by atoms with Crippen molar-refractivity contribution in [2.75, 3.05) is 0 Å². The van der Waals surface area contributed by atoms with Gasteiger partial charge in [0.25, 0.3) is 0 Å². The monoisotopic (exact) mass is 258 g/mol. The lowest BCUT2D eigenvalue weighted by Gasteiger charge is -2.25. The number of nitrogens with two attached hydrogens (primary N) is 1. The van der Waals surface area contributed by atoms with E-state index in [2.05, 4.69) is 15.1 Å². The van der Waals surface area contributed by atoms with Gasteiger partial charge in [-0.2, -0.15) is 4.98 Å². The molecule has 2 aromatic heterocycles. The molecular formula is C14H18N4O. The van der Waals surface area contributed by atoms with Gasteiger partial charge < -0.3 is 10.3 Å². The van der Waals surface area contributed by atoms with Gasteiger partial charge in [-0.25, -0.2) is 0 Å². The summed E-state index contributed by atoms with van der Waals surface area (Å²) in [5.41, 5.74) is 8.16. The zero-order valence-corrected chi connectivity index (χ0v) is 11.0. The van der Waals surface area contributed by atoms with Crippen molar-refractivity contribution in [3.8, 4) is 11.4 Å². The Labute approximate surface area is 112 Å². The van der Waals surface area contributed by atoms with E-state index in [1.54, 1.807) is 12.4 Å². The molecule has 5 nitrogen and oxygen atoms in total. The largest absolute Gasteiger partial charge is 0.339 e. The summed E-state index contributed by atoms with van der Waals surface area (Å²) in [5.74, 6) is 1.48. The zero-order valence-electron chi connectivity index (χ0n) is 11.0. The maximum atomic E-state index is 6.15. The standard InChI is InChI=1S/C14H18N4O/c1-9-6-7-16-8-11(9)13-17-14(19-18-13)10-4-2-3-5-12(10)15/h6-8,10,12H,2-5,15H2,1H3. The van der Waals surface area contributed by atoms with Crippen LogP contribution >= 0.6 is 0 Å². The van der Waals surface area contributed by atoms with Crippen LogP contribution in [0.25, 0.3) is 11.4 Å². The highest BCUT2D eigenvalue weighted by molar-refractivity contribution is 5.57. The first-order valence-electron chi connectivity index (χ1n) is 6.76. The van der Waals surface area contributed by atoms with E-state index in [1.165, 1.54) is 12.8 Å². The normalized spacial score (nSPS) is 23.5. The van der Waals surface area contributed by atoms with Crippen LogP contribution in [0.3, 0.4) is 0 Å². The summed E-state index contributed by atoms with van der Waals surface area (Å²) in [6.07, 6.45) is 7.98. The average molecular weight is 258 g/mol. The molecule has 1 aliphatic carbocycles. The third-order valence-corrected chi connectivity index (χ3v) is 3.86. The Hall–Kier alpha value is -1.75. The summed E-state index contributed by atoms with van der Waals surface area (Å²) in [6, 6.07) is 2.08. The van der Waals surface area contributed by atoms with E-state index in [1.807, 2.05) is 13.0 Å². The molecule has 0 aliphatic heterocycles. The van der Waals surface area contributed by atoms with E-state index in [-0.39, 0.29) is 12.0 Å². The van der Waals surface area contributed by atoms with Crippen molar-refractivity contribution in [2.24, 2.45) is 5.73 Å². The summed E-state index contributed by atoms with van der Waals surface area (Å²) in [7, 11) is 0. The highest BCUT2D eigenvalue weighted by atomic mass is 16.5. The number of rotatable bonds is 2. The molecule has 3 rings (SSSR count). The fourth-order valence-electron chi connectivity index (χ4n) is 2.66. The van der Waals surface area contributed by atoms with Gasteiger partial charge in [-0.15, -0.1) is 0 Å². The van der Waals surface area contributed by atoms with Gasteiger partial charge in [-0.3, -0.25) is 4.98 Å². The molecule has 2 atom stereocenters. The summed E-state index contributed by atoms with van der Waals surface area (Å²) in [4.78, 5) is 8.63. The second kappa shape index (κ2) is 5.09. The van der Waals surface area contributed by atoms with Gasteiger partial charge in [0.05, 0.1) is 5.92 Å². The van der Waals surface area contributed by atoms with Crippen molar-refractivity contribution in [3.05, 3.63) is 29.9 Å². The van der Waals surface area contributed by atoms with Gasteiger partial charge >= 0.3 is 0 Å². The number of hydrogen-bond donors (Lipinski definition) is 1. The Morgan fingerprint density at radius 3 is 2.95 bits per heavy atom. The summed E-state index contributed by atoms with van der Waals surface area (Å²) < 4.78 is 5.42. The maximum Gasteiger partial charge on any atom is 0.231 e. The minimum absolute atomic E-state index is 0.136. The van der Waals surface area contributed by atoms with E-state index in [9.17, 15) is 0 Å². The third-order valence-electron chi connectivity index (χ3n) is 3.86. The number of aryl methyl sites for hydroxylation is 1. The van der Waals surface area contributed by atoms with Crippen LogP contribution in [-0.4, -0.2) is 21.2 Å². The topological polar surface area (TPSA) is 77.8 Å². The highest BCUT2D eigenvalue weighted by Gasteiger charge is 2.28. The molecule has 0 saturated heterocycles. The summed E-state index contributed by atoms with van der Waals surface area (Å²) in [6.45, 7) is 2.01. The molecule has 2 aromatic rings. The lowest BCUT2D eigenvalue weighted by molar-refractivity contribution is 0.290. The van der Waals surface area contributed by atoms with Crippen LogP contribution in [0.15, 0.2) is 23.0 Å². The van der Waals surface area contributed by atoms with Crippen molar-refractivity contribution >= 4 is 0 Å². The Kier molecular flexibility index (Phi) is 3.29. The zero-order chi connectivity index (χ0) is 13.2. The quantitative estimate of drug-likeness (QED) is 0.895. The molecule has 5 heteroatoms. The second-order valence-electron chi connectivity index (χ2n) is 5.20. The molecule has 0 amide bonds. The van der Waals surface area contributed by atoms with Crippen molar-refractivity contribution in [2.45, 2.75) is 44.6 Å². The molecule has 1 aliphatic rings. The summed E-state index contributed by atoms with van der Waals surface area (Å²) in [5, 5.41) is 4.08. The molecular weight excluding hydrogens is 240 g/mol. The highest BCUT2D eigenvalue weighted by Crippen LogP contribution is 2.32. The fraction of sp³-hybridized carbons (Fsp3) is 0.500. The van der Waals surface area contributed by atoms with Crippen LogP contribution in [0, 0.1) is 6.92 Å². The smallest absolute Gasteiger partial charge is 0.231 e. The minimum Gasteiger partial charge on any atom is -0.339 e.